The first kappa shape index (κ1) is 19.2. The molecule has 1 amide bonds. The van der Waals surface area contributed by atoms with Crippen LogP contribution in [-0.4, -0.2) is 59.5 Å². The molecule has 1 saturated heterocycles. The maximum absolute atomic E-state index is 15.3. The lowest BCUT2D eigenvalue weighted by molar-refractivity contribution is -0.138. The van der Waals surface area contributed by atoms with Crippen molar-refractivity contribution in [2.45, 2.75) is 55.8 Å². The van der Waals surface area contributed by atoms with E-state index in [1.54, 1.807) is 0 Å². The fraction of sp³-hybridized carbons (Fsp3) is 0.317. The van der Waals surface area contributed by atoms with E-state index in [4.69, 9.17) is 27.4 Å². The van der Waals surface area contributed by atoms with E-state index in [-0.39, 0.29) is 37.7 Å². The number of carbonyl (C=O) groups is 1. The van der Waals surface area contributed by atoms with Gasteiger partial charge in [-0.2, -0.15) is 13.2 Å². The van der Waals surface area contributed by atoms with E-state index < -0.39 is 214 Å². The molecule has 0 saturated carbocycles. The third kappa shape index (κ3) is 9.00. The highest BCUT2D eigenvalue weighted by atomic mass is 32.2. The minimum absolute atomic E-state index is 0.226. The zero-order valence-corrected chi connectivity index (χ0v) is 28.2. The van der Waals surface area contributed by atoms with E-state index in [1.807, 2.05) is 0 Å². The predicted molar refractivity (Wildman–Crippen MR) is 198 cm³/mol. The number of para-hydroxylation sites is 1. The fourth-order valence-corrected chi connectivity index (χ4v) is 6.42. The highest BCUT2D eigenvalue weighted by Crippen LogP contribution is 2.34. The second-order valence-corrected chi connectivity index (χ2v) is 12.4. The van der Waals surface area contributed by atoms with Gasteiger partial charge >= 0.3 is 6.18 Å². The molecule has 0 radical (unpaired) electrons. The van der Waals surface area contributed by atoms with E-state index in [0.29, 0.717) is 9.47 Å². The van der Waals surface area contributed by atoms with Crippen molar-refractivity contribution in [1.29, 1.82) is 0 Å². The zero-order valence-electron chi connectivity index (χ0n) is 49.4. The summed E-state index contributed by atoms with van der Waals surface area (Å²) in [5.74, 6) is -6.06. The quantitative estimate of drug-likeness (QED) is 0.0939. The largest absolute Gasteiger partial charge is 0.416 e. The van der Waals surface area contributed by atoms with Gasteiger partial charge in [-0.15, -0.1) is 11.8 Å². The van der Waals surface area contributed by atoms with Crippen LogP contribution in [0.3, 0.4) is 0 Å². The van der Waals surface area contributed by atoms with Crippen molar-refractivity contribution < 1.29 is 61.6 Å². The molecule has 0 N–H and O–H groups in total. The number of aromatic nitrogens is 1. The Morgan fingerprint density at radius 3 is 2.47 bits per heavy atom. The van der Waals surface area contributed by atoms with Crippen molar-refractivity contribution in [3.63, 3.8) is 0 Å². The first-order valence-electron chi connectivity index (χ1n) is 26.5. The molecule has 4 aromatic carbocycles. The van der Waals surface area contributed by atoms with Crippen LogP contribution in [-0.2, 0) is 34.5 Å². The van der Waals surface area contributed by atoms with Crippen molar-refractivity contribution in [2.24, 2.45) is 0 Å². The maximum atomic E-state index is 15.3. The van der Waals surface area contributed by atoms with Gasteiger partial charge in [-0.3, -0.25) is 9.59 Å². The number of piperidine rings is 1. The van der Waals surface area contributed by atoms with Gasteiger partial charge in [0.2, 0.25) is 5.91 Å². The SMILES string of the molecule is [2H]c1c([2H])c(F)c(F)c(CSc2c([2H])c(=O)c3c([2H])c([2H])c([2H])c([2H])c3n2CC(=O)N(C2CCN(CC([2H])([2H])OC([2H])([2H])[2H])CC2)C([2H])([2H])c2c([2H])c([2H])c(-c3c([2H])c([2H])c(C(F)(F)F)c(C)c3[2H])c([2H])c2[2H])c1[2H]. The number of rotatable bonds is 12. The number of carbonyl (C=O) groups excluding carboxylic acids is 1. The Balaban J connectivity index is 1.59. The molecule has 5 aromatic rings. The van der Waals surface area contributed by atoms with Gasteiger partial charge in [0.15, 0.2) is 17.1 Å². The van der Waals surface area contributed by atoms with Gasteiger partial charge in [-0.1, -0.05) is 60.4 Å². The highest BCUT2D eigenvalue weighted by Gasteiger charge is 2.32. The highest BCUT2D eigenvalue weighted by molar-refractivity contribution is 7.98. The van der Waals surface area contributed by atoms with Crippen LogP contribution in [0, 0.1) is 18.6 Å². The Labute approximate surface area is 340 Å². The minimum atomic E-state index is -5.25. The molecule has 0 unspecified atom stereocenters. The standard InChI is InChI=1S/C41H40F5N3O3S/c1-27-22-30(14-15-34(27)41(44,45)46)29-12-10-28(11-13-29)24-48(32-16-18-47(19-17-32)20-21-52-2)38(51)25-49-36-9-4-3-7-33(36)37(50)23-39(49)53-26-31-6-5-8-35(42)40(31)43/h3-15,22-23,32H,16-21,24-26H2,1-2H3/i2D3,3D,4D,5D,6D,7D,8D,9D,10D,11D,12D,13D,14D,15D,21D2,22D,23D,24D2. The van der Waals surface area contributed by atoms with Crippen molar-refractivity contribution in [3.8, 4) is 11.1 Å². The van der Waals surface area contributed by atoms with E-state index in [9.17, 15) is 25.1 Å². The number of fused-ring (bicyclic) bond motifs is 1. The van der Waals surface area contributed by atoms with Gasteiger partial charge in [0.05, 0.1) is 52.8 Å². The van der Waals surface area contributed by atoms with Crippen LogP contribution in [0.4, 0.5) is 22.0 Å². The second kappa shape index (κ2) is 16.7. The van der Waals surface area contributed by atoms with Gasteiger partial charge < -0.3 is 19.1 Å². The number of likely N-dealkylation sites (tertiary alicyclic amines) is 1. The molecule has 0 spiro atoms. The van der Waals surface area contributed by atoms with Crippen LogP contribution in [0.15, 0.2) is 100 Å². The van der Waals surface area contributed by atoms with Crippen molar-refractivity contribution in [1.82, 2.24) is 14.4 Å². The number of hydrogen-bond donors (Lipinski definition) is 0. The average Bonchev–Trinajstić information content (AvgIpc) is 3.29. The number of hydrogen-bond acceptors (Lipinski definition) is 5. The molecule has 6 nitrogen and oxygen atoms in total. The number of ether oxygens (including phenoxy) is 1. The summed E-state index contributed by atoms with van der Waals surface area (Å²) in [6, 6.07) is -19.1. The number of nitrogens with zero attached hydrogens (tertiary/aromatic N) is 3. The summed E-state index contributed by atoms with van der Waals surface area (Å²) < 4.78 is 263. The van der Waals surface area contributed by atoms with Crippen LogP contribution in [0.5, 0.6) is 0 Å². The molecule has 1 fully saturated rings. The summed E-state index contributed by atoms with van der Waals surface area (Å²) in [5, 5.41) is -1.64. The van der Waals surface area contributed by atoms with Crippen LogP contribution < -0.4 is 5.43 Å². The molecule has 12 heteroatoms. The number of amides is 1. The van der Waals surface area contributed by atoms with Gasteiger partial charge in [0.25, 0.3) is 0 Å². The number of halogens is 5. The van der Waals surface area contributed by atoms with E-state index in [2.05, 4.69) is 4.74 Å². The number of methoxy groups -OCH3 is 1. The molecule has 1 aromatic heterocycles. The summed E-state index contributed by atoms with van der Waals surface area (Å²) in [4.78, 5) is 30.9. The average molecular weight is 772 g/mol. The molecule has 1 aliphatic heterocycles. The fourth-order valence-electron chi connectivity index (χ4n) is 5.46. The first-order chi connectivity index (χ1) is 34.3. The van der Waals surface area contributed by atoms with Crippen molar-refractivity contribution in [3.05, 3.63) is 135 Å². The van der Waals surface area contributed by atoms with Gasteiger partial charge in [-0.25, -0.2) is 8.78 Å². The molecule has 0 atom stereocenters. The molecular weight excluding hydrogens is 710 g/mol. The maximum Gasteiger partial charge on any atom is 0.416 e. The van der Waals surface area contributed by atoms with Crippen LogP contribution >= 0.6 is 11.8 Å². The van der Waals surface area contributed by atoms with E-state index >= 15 is 9.18 Å². The Kier molecular flexibility index (Phi) is 6.03. The Bertz CT molecular complexity index is 3170. The molecule has 278 valence electrons. The summed E-state index contributed by atoms with van der Waals surface area (Å²) in [5.41, 5.74) is -8.89. The summed E-state index contributed by atoms with van der Waals surface area (Å²) in [6.07, 6.45) is -5.99. The second-order valence-electron chi connectivity index (χ2n) is 11.5. The summed E-state index contributed by atoms with van der Waals surface area (Å²) in [7, 11) is -3.19. The minimum Gasteiger partial charge on any atom is -0.383 e. The molecule has 6 rings (SSSR count). The van der Waals surface area contributed by atoms with Crippen LogP contribution in [0.25, 0.3) is 22.0 Å². The van der Waals surface area contributed by atoms with E-state index in [1.165, 1.54) is 4.90 Å². The Hall–Kier alpha value is -4.52. The molecule has 0 bridgehead atoms. The Morgan fingerprint density at radius 1 is 1.00 bits per heavy atom. The number of pyridine rings is 1. The smallest absolute Gasteiger partial charge is 0.383 e. The molecular formula is C41H40F5N3O3S. The van der Waals surface area contributed by atoms with Crippen molar-refractivity contribution >= 4 is 28.6 Å². The van der Waals surface area contributed by atoms with Crippen LogP contribution in [0.2, 0.25) is 0 Å². The normalized spacial score (nSPS) is 20.9. The lowest BCUT2D eigenvalue weighted by Gasteiger charge is -2.39. The summed E-state index contributed by atoms with van der Waals surface area (Å²) >= 11 is 0.226. The topological polar surface area (TPSA) is 54.8 Å². The third-order valence-electron chi connectivity index (χ3n) is 8.06. The van der Waals surface area contributed by atoms with Gasteiger partial charge in [0, 0.05) is 62.0 Å². The number of benzene rings is 4. The van der Waals surface area contributed by atoms with Crippen LogP contribution in [0.1, 0.15) is 65.3 Å². The number of alkyl halides is 3. The number of thioether (sulfide) groups is 1. The molecule has 2 heterocycles. The predicted octanol–water partition coefficient (Wildman–Crippen LogP) is 8.71. The molecule has 0 aliphatic carbocycles. The lowest BCUT2D eigenvalue weighted by Crippen LogP contribution is -2.48. The lowest BCUT2D eigenvalue weighted by atomic mass is 9.98. The molecule has 53 heavy (non-hydrogen) atoms. The van der Waals surface area contributed by atoms with Gasteiger partial charge in [-0.05, 0) is 66.2 Å². The first-order valence-corrected chi connectivity index (χ1v) is 16.5. The zero-order chi connectivity index (χ0) is 56.8. The van der Waals surface area contributed by atoms with Gasteiger partial charge in [0.1, 0.15) is 6.54 Å². The van der Waals surface area contributed by atoms with Crippen molar-refractivity contribution in [2.75, 3.05) is 33.2 Å². The third-order valence-corrected chi connectivity index (χ3v) is 9.09. The summed E-state index contributed by atoms with van der Waals surface area (Å²) in [6.45, 7) is -8.25. The molecule has 1 aliphatic rings. The monoisotopic (exact) mass is 771 g/mol. The Morgan fingerprint density at radius 2 is 1.74 bits per heavy atom. The van der Waals surface area contributed by atoms with E-state index in [0.717, 1.165) is 6.92 Å².